The van der Waals surface area contributed by atoms with Crippen molar-refractivity contribution in [2.45, 2.75) is 38.6 Å². The Balaban J connectivity index is 1.53. The van der Waals surface area contributed by atoms with Crippen LogP contribution in [0.5, 0.6) is 0 Å². The zero-order chi connectivity index (χ0) is 14.1. The molecule has 0 bridgehead atoms. The van der Waals surface area contributed by atoms with Crippen LogP contribution in [0.25, 0.3) is 0 Å². The van der Waals surface area contributed by atoms with E-state index in [1.54, 1.807) is 0 Å². The van der Waals surface area contributed by atoms with Gasteiger partial charge in [-0.1, -0.05) is 18.9 Å². The molecule has 2 heterocycles. The standard InChI is InChI=1S/C13H21N5O2/c1-9(2)11-15-16-13(20-11)18-7-5-17(6-8-18)12(19)14-10-3-4-10/h9-10H,3-8H2,1-2H3,(H,14,19). The fourth-order valence-corrected chi connectivity index (χ4v) is 2.18. The van der Waals surface area contributed by atoms with E-state index >= 15 is 0 Å². The first-order valence-electron chi connectivity index (χ1n) is 7.27. The number of aromatic nitrogens is 2. The Kier molecular flexibility index (Phi) is 3.50. The van der Waals surface area contributed by atoms with Gasteiger partial charge >= 0.3 is 12.0 Å². The van der Waals surface area contributed by atoms with Crippen LogP contribution in [0, 0.1) is 0 Å². The van der Waals surface area contributed by atoms with Crippen molar-refractivity contribution in [1.82, 2.24) is 20.4 Å². The van der Waals surface area contributed by atoms with Gasteiger partial charge < -0.3 is 19.5 Å². The average molecular weight is 279 g/mol. The molecule has 0 aromatic carbocycles. The molecule has 2 amide bonds. The first kappa shape index (κ1) is 13.2. The summed E-state index contributed by atoms with van der Waals surface area (Å²) in [5.74, 6) is 0.899. The first-order chi connectivity index (χ1) is 9.63. The summed E-state index contributed by atoms with van der Waals surface area (Å²) in [6, 6.07) is 1.03. The molecular weight excluding hydrogens is 258 g/mol. The van der Waals surface area contributed by atoms with Crippen LogP contribution in [0.15, 0.2) is 4.42 Å². The van der Waals surface area contributed by atoms with E-state index in [0.29, 0.717) is 31.0 Å². The molecule has 2 fully saturated rings. The molecule has 1 N–H and O–H groups in total. The molecule has 3 rings (SSSR count). The lowest BCUT2D eigenvalue weighted by Crippen LogP contribution is -2.52. The number of carbonyl (C=O) groups is 1. The predicted octanol–water partition coefficient (Wildman–Crippen LogP) is 1.19. The largest absolute Gasteiger partial charge is 0.408 e. The highest BCUT2D eigenvalue weighted by Gasteiger charge is 2.28. The van der Waals surface area contributed by atoms with E-state index in [1.807, 2.05) is 23.6 Å². The monoisotopic (exact) mass is 279 g/mol. The van der Waals surface area contributed by atoms with Crippen molar-refractivity contribution in [2.75, 3.05) is 31.1 Å². The van der Waals surface area contributed by atoms with Crippen molar-refractivity contribution in [3.05, 3.63) is 5.89 Å². The highest BCUT2D eigenvalue weighted by molar-refractivity contribution is 5.75. The Morgan fingerprint density at radius 3 is 2.50 bits per heavy atom. The van der Waals surface area contributed by atoms with E-state index in [1.165, 1.54) is 0 Å². The summed E-state index contributed by atoms with van der Waals surface area (Å²) in [7, 11) is 0. The van der Waals surface area contributed by atoms with Crippen LogP contribution in [0.3, 0.4) is 0 Å². The van der Waals surface area contributed by atoms with Crippen LogP contribution >= 0.6 is 0 Å². The van der Waals surface area contributed by atoms with Crippen LogP contribution in [-0.4, -0.2) is 53.3 Å². The summed E-state index contributed by atoms with van der Waals surface area (Å²) in [6.45, 7) is 6.90. The van der Waals surface area contributed by atoms with Gasteiger partial charge in [0.25, 0.3) is 0 Å². The Bertz CT molecular complexity index is 475. The molecule has 2 aliphatic rings. The minimum atomic E-state index is 0.0561. The highest BCUT2D eigenvalue weighted by Crippen LogP contribution is 2.21. The van der Waals surface area contributed by atoms with Crippen LogP contribution < -0.4 is 10.2 Å². The van der Waals surface area contributed by atoms with Crippen molar-refractivity contribution in [3.8, 4) is 0 Å². The molecular formula is C13H21N5O2. The van der Waals surface area contributed by atoms with Gasteiger partial charge in [0.05, 0.1) is 0 Å². The third-order valence-electron chi connectivity index (χ3n) is 3.67. The Labute approximate surface area is 118 Å². The van der Waals surface area contributed by atoms with E-state index in [4.69, 9.17) is 4.42 Å². The lowest BCUT2D eigenvalue weighted by molar-refractivity contribution is 0.193. The maximum absolute atomic E-state index is 11.9. The number of nitrogens with zero attached hydrogens (tertiary/aromatic N) is 4. The second-order valence-electron chi connectivity index (χ2n) is 5.78. The van der Waals surface area contributed by atoms with Gasteiger partial charge in [0.1, 0.15) is 0 Å². The molecule has 20 heavy (non-hydrogen) atoms. The fraction of sp³-hybridized carbons (Fsp3) is 0.769. The Hall–Kier alpha value is -1.79. The molecule has 0 atom stereocenters. The van der Waals surface area contributed by atoms with E-state index < -0.39 is 0 Å². The average Bonchev–Trinajstić information content (AvgIpc) is 3.11. The lowest BCUT2D eigenvalue weighted by Gasteiger charge is -2.33. The molecule has 1 aliphatic carbocycles. The Morgan fingerprint density at radius 2 is 1.95 bits per heavy atom. The van der Waals surface area contributed by atoms with Gasteiger partial charge in [-0.05, 0) is 12.8 Å². The van der Waals surface area contributed by atoms with Gasteiger partial charge in [-0.25, -0.2) is 4.79 Å². The normalized spacial score (nSPS) is 19.6. The number of amides is 2. The summed E-state index contributed by atoms with van der Waals surface area (Å²) in [4.78, 5) is 15.8. The molecule has 0 spiro atoms. The quantitative estimate of drug-likeness (QED) is 0.899. The van der Waals surface area contributed by atoms with Crippen molar-refractivity contribution < 1.29 is 9.21 Å². The SMILES string of the molecule is CC(C)c1nnc(N2CCN(C(=O)NC3CC3)CC2)o1. The molecule has 110 valence electrons. The summed E-state index contributed by atoms with van der Waals surface area (Å²) in [5.41, 5.74) is 0. The molecule has 1 saturated carbocycles. The number of piperazine rings is 1. The maximum Gasteiger partial charge on any atom is 0.318 e. The molecule has 0 unspecified atom stereocenters. The van der Waals surface area contributed by atoms with Crippen LogP contribution in [0.2, 0.25) is 0 Å². The van der Waals surface area contributed by atoms with Gasteiger partial charge in [0.15, 0.2) is 0 Å². The number of hydrogen-bond donors (Lipinski definition) is 1. The minimum absolute atomic E-state index is 0.0561. The second-order valence-corrected chi connectivity index (χ2v) is 5.78. The van der Waals surface area contributed by atoms with Crippen LogP contribution in [-0.2, 0) is 0 Å². The van der Waals surface area contributed by atoms with Crippen molar-refractivity contribution in [1.29, 1.82) is 0 Å². The summed E-state index contributed by atoms with van der Waals surface area (Å²) in [6.07, 6.45) is 2.23. The first-order valence-corrected chi connectivity index (χ1v) is 7.27. The number of anilines is 1. The molecule has 1 aromatic heterocycles. The minimum Gasteiger partial charge on any atom is -0.408 e. The summed E-state index contributed by atoms with van der Waals surface area (Å²) in [5, 5.41) is 11.1. The highest BCUT2D eigenvalue weighted by atomic mass is 16.4. The third-order valence-corrected chi connectivity index (χ3v) is 3.67. The van der Waals surface area contributed by atoms with Crippen molar-refractivity contribution in [2.24, 2.45) is 0 Å². The number of carbonyl (C=O) groups excluding carboxylic acids is 1. The molecule has 7 heteroatoms. The molecule has 7 nitrogen and oxygen atoms in total. The Morgan fingerprint density at radius 1 is 1.25 bits per heavy atom. The molecule has 1 aliphatic heterocycles. The predicted molar refractivity (Wildman–Crippen MR) is 73.7 cm³/mol. The van der Waals surface area contributed by atoms with E-state index in [-0.39, 0.29) is 11.9 Å². The van der Waals surface area contributed by atoms with Gasteiger partial charge in [-0.15, -0.1) is 5.10 Å². The molecule has 0 radical (unpaired) electrons. The number of urea groups is 1. The topological polar surface area (TPSA) is 74.5 Å². The third kappa shape index (κ3) is 2.86. The zero-order valence-electron chi connectivity index (χ0n) is 12.0. The van der Waals surface area contributed by atoms with Gasteiger partial charge in [-0.2, -0.15) is 0 Å². The van der Waals surface area contributed by atoms with Crippen molar-refractivity contribution in [3.63, 3.8) is 0 Å². The summed E-state index contributed by atoms with van der Waals surface area (Å²) >= 11 is 0. The maximum atomic E-state index is 11.9. The smallest absolute Gasteiger partial charge is 0.318 e. The zero-order valence-corrected chi connectivity index (χ0v) is 12.0. The van der Waals surface area contributed by atoms with E-state index in [0.717, 1.165) is 25.9 Å². The number of nitrogens with one attached hydrogen (secondary N) is 1. The van der Waals surface area contributed by atoms with Crippen LogP contribution in [0.4, 0.5) is 10.8 Å². The molecule has 1 saturated heterocycles. The summed E-state index contributed by atoms with van der Waals surface area (Å²) < 4.78 is 5.64. The lowest BCUT2D eigenvalue weighted by atomic mass is 10.2. The van der Waals surface area contributed by atoms with E-state index in [9.17, 15) is 4.79 Å². The van der Waals surface area contributed by atoms with Gasteiger partial charge in [0, 0.05) is 38.1 Å². The molecule has 1 aromatic rings. The fourth-order valence-electron chi connectivity index (χ4n) is 2.18. The van der Waals surface area contributed by atoms with Gasteiger partial charge in [0.2, 0.25) is 5.89 Å². The van der Waals surface area contributed by atoms with Crippen molar-refractivity contribution >= 4 is 12.0 Å². The number of hydrogen-bond acceptors (Lipinski definition) is 5. The van der Waals surface area contributed by atoms with Crippen LogP contribution in [0.1, 0.15) is 38.5 Å². The second kappa shape index (κ2) is 5.30. The van der Waals surface area contributed by atoms with E-state index in [2.05, 4.69) is 15.5 Å². The van der Waals surface area contributed by atoms with Gasteiger partial charge in [-0.3, -0.25) is 0 Å². The number of rotatable bonds is 3.